The van der Waals surface area contributed by atoms with E-state index >= 15 is 0 Å². The zero-order valence-corrected chi connectivity index (χ0v) is 11.2. The number of nitriles is 2. The van der Waals surface area contributed by atoms with E-state index in [1.54, 1.807) is 6.33 Å². The van der Waals surface area contributed by atoms with Gasteiger partial charge in [-0.05, 0) is 25.7 Å². The molecular weight excluding hydrogens is 256 g/mol. The van der Waals surface area contributed by atoms with Crippen LogP contribution in [0.1, 0.15) is 43.1 Å². The van der Waals surface area contributed by atoms with Gasteiger partial charge in [0.05, 0.1) is 11.9 Å². The van der Waals surface area contributed by atoms with E-state index in [0.29, 0.717) is 12.3 Å². The van der Waals surface area contributed by atoms with Crippen LogP contribution in [0.15, 0.2) is 6.33 Å². The third kappa shape index (κ3) is 2.18. The lowest BCUT2D eigenvalue weighted by atomic mass is 9.84. The number of aromatic nitrogens is 2. The van der Waals surface area contributed by atoms with E-state index in [-0.39, 0.29) is 17.3 Å². The molecule has 6 nitrogen and oxygen atoms in total. The van der Waals surface area contributed by atoms with E-state index in [4.69, 9.17) is 14.7 Å². The first-order valence-electron chi connectivity index (χ1n) is 6.87. The molecule has 20 heavy (non-hydrogen) atoms. The number of nitrogens with zero attached hydrogens (tertiary/aromatic N) is 4. The largest absolute Gasteiger partial charge is 0.381 e. The van der Waals surface area contributed by atoms with Crippen LogP contribution in [-0.4, -0.2) is 35.0 Å². The van der Waals surface area contributed by atoms with E-state index in [1.165, 1.54) is 0 Å². The van der Waals surface area contributed by atoms with Crippen LogP contribution in [0.4, 0.5) is 0 Å². The second-order valence-electron chi connectivity index (χ2n) is 5.36. The summed E-state index contributed by atoms with van der Waals surface area (Å²) in [7, 11) is 0. The SMILES string of the molecule is N#Cc1ncn(C2CCOC3(CCOCC3)C2)c1C#N. The van der Waals surface area contributed by atoms with Crippen molar-refractivity contribution < 1.29 is 9.47 Å². The molecule has 104 valence electrons. The van der Waals surface area contributed by atoms with Crippen molar-refractivity contribution in [3.05, 3.63) is 17.7 Å². The quantitative estimate of drug-likeness (QED) is 0.774. The van der Waals surface area contributed by atoms with Gasteiger partial charge in [0.2, 0.25) is 0 Å². The highest BCUT2D eigenvalue weighted by Gasteiger charge is 2.40. The van der Waals surface area contributed by atoms with E-state index in [2.05, 4.69) is 11.1 Å². The minimum atomic E-state index is -0.134. The predicted octanol–water partition coefficient (Wildman–Crippen LogP) is 1.53. The maximum absolute atomic E-state index is 9.24. The Balaban J connectivity index is 1.86. The van der Waals surface area contributed by atoms with Crippen molar-refractivity contribution in [2.75, 3.05) is 19.8 Å². The van der Waals surface area contributed by atoms with Crippen LogP contribution >= 0.6 is 0 Å². The number of hydrogen-bond donors (Lipinski definition) is 0. The fourth-order valence-electron chi connectivity index (χ4n) is 3.16. The Morgan fingerprint density at radius 2 is 2.05 bits per heavy atom. The van der Waals surface area contributed by atoms with Crippen molar-refractivity contribution in [2.45, 2.75) is 37.3 Å². The van der Waals surface area contributed by atoms with E-state index in [1.807, 2.05) is 10.6 Å². The molecule has 1 unspecified atom stereocenters. The van der Waals surface area contributed by atoms with Gasteiger partial charge in [-0.15, -0.1) is 0 Å². The van der Waals surface area contributed by atoms with Gasteiger partial charge in [0.1, 0.15) is 12.1 Å². The van der Waals surface area contributed by atoms with Gasteiger partial charge in [-0.25, -0.2) is 4.98 Å². The van der Waals surface area contributed by atoms with Gasteiger partial charge >= 0.3 is 0 Å². The minimum Gasteiger partial charge on any atom is -0.381 e. The molecule has 0 radical (unpaired) electrons. The Labute approximate surface area is 117 Å². The third-order valence-electron chi connectivity index (χ3n) is 4.27. The Hall–Kier alpha value is -1.89. The zero-order chi connectivity index (χ0) is 14.0. The summed E-state index contributed by atoms with van der Waals surface area (Å²) < 4.78 is 13.3. The Morgan fingerprint density at radius 1 is 1.25 bits per heavy atom. The van der Waals surface area contributed by atoms with Crippen molar-refractivity contribution in [2.24, 2.45) is 0 Å². The lowest BCUT2D eigenvalue weighted by molar-refractivity contribution is -0.144. The molecule has 1 aromatic rings. The number of rotatable bonds is 1. The van der Waals surface area contributed by atoms with Gasteiger partial charge < -0.3 is 14.0 Å². The van der Waals surface area contributed by atoms with Crippen LogP contribution in [-0.2, 0) is 9.47 Å². The Bertz CT molecular complexity index is 569. The van der Waals surface area contributed by atoms with Crippen LogP contribution in [0.2, 0.25) is 0 Å². The summed E-state index contributed by atoms with van der Waals surface area (Å²) in [6.45, 7) is 2.13. The van der Waals surface area contributed by atoms with Crippen molar-refractivity contribution in [3.8, 4) is 12.1 Å². The van der Waals surface area contributed by atoms with Crippen LogP contribution in [0.25, 0.3) is 0 Å². The van der Waals surface area contributed by atoms with Gasteiger partial charge in [0.15, 0.2) is 11.4 Å². The molecule has 0 N–H and O–H groups in total. The number of imidazole rings is 1. The summed E-state index contributed by atoms with van der Waals surface area (Å²) in [5, 5.41) is 18.2. The molecule has 2 aliphatic rings. The predicted molar refractivity (Wildman–Crippen MR) is 68.7 cm³/mol. The molecule has 0 aromatic carbocycles. The zero-order valence-electron chi connectivity index (χ0n) is 11.2. The van der Waals surface area contributed by atoms with E-state index in [9.17, 15) is 5.26 Å². The van der Waals surface area contributed by atoms with E-state index < -0.39 is 0 Å². The van der Waals surface area contributed by atoms with Gasteiger partial charge in [-0.1, -0.05) is 0 Å². The Kier molecular flexibility index (Phi) is 3.43. The summed E-state index contributed by atoms with van der Waals surface area (Å²) in [4.78, 5) is 4.03. The number of hydrogen-bond acceptors (Lipinski definition) is 5. The van der Waals surface area contributed by atoms with Gasteiger partial charge in [0, 0.05) is 25.9 Å². The lowest BCUT2D eigenvalue weighted by Gasteiger charge is -2.43. The molecule has 1 spiro atoms. The molecular formula is C14H16N4O2. The highest BCUT2D eigenvalue weighted by atomic mass is 16.5. The second kappa shape index (κ2) is 5.24. The first-order valence-corrected chi connectivity index (χ1v) is 6.87. The highest BCUT2D eigenvalue weighted by Crippen LogP contribution is 2.39. The summed E-state index contributed by atoms with van der Waals surface area (Å²) >= 11 is 0. The molecule has 2 aliphatic heterocycles. The van der Waals surface area contributed by atoms with Crippen molar-refractivity contribution in [1.82, 2.24) is 9.55 Å². The first-order chi connectivity index (χ1) is 9.78. The van der Waals surface area contributed by atoms with Gasteiger partial charge in [-0.3, -0.25) is 0 Å². The van der Waals surface area contributed by atoms with Crippen LogP contribution in [0.5, 0.6) is 0 Å². The van der Waals surface area contributed by atoms with Crippen LogP contribution in [0, 0.1) is 22.7 Å². The molecule has 0 aliphatic carbocycles. The number of ether oxygens (including phenoxy) is 2. The van der Waals surface area contributed by atoms with E-state index in [0.717, 1.165) is 38.9 Å². The minimum absolute atomic E-state index is 0.134. The fourth-order valence-corrected chi connectivity index (χ4v) is 3.16. The second-order valence-corrected chi connectivity index (χ2v) is 5.36. The monoisotopic (exact) mass is 272 g/mol. The Morgan fingerprint density at radius 3 is 2.75 bits per heavy atom. The summed E-state index contributed by atoms with van der Waals surface area (Å²) in [6.07, 6.45) is 5.10. The summed E-state index contributed by atoms with van der Waals surface area (Å²) in [6, 6.07) is 4.24. The molecule has 3 rings (SSSR count). The molecule has 3 heterocycles. The molecule has 0 amide bonds. The molecule has 2 saturated heterocycles. The normalized spacial score (nSPS) is 25.0. The topological polar surface area (TPSA) is 83.9 Å². The average molecular weight is 272 g/mol. The molecule has 1 atom stereocenters. The third-order valence-corrected chi connectivity index (χ3v) is 4.27. The maximum atomic E-state index is 9.24. The smallest absolute Gasteiger partial charge is 0.176 e. The molecule has 0 saturated carbocycles. The molecule has 1 aromatic heterocycles. The molecule has 0 bridgehead atoms. The maximum Gasteiger partial charge on any atom is 0.176 e. The van der Waals surface area contributed by atoms with Crippen molar-refractivity contribution >= 4 is 0 Å². The van der Waals surface area contributed by atoms with Crippen LogP contribution < -0.4 is 0 Å². The molecule has 2 fully saturated rings. The fraction of sp³-hybridized carbons (Fsp3) is 0.643. The van der Waals surface area contributed by atoms with Crippen LogP contribution in [0.3, 0.4) is 0 Å². The lowest BCUT2D eigenvalue weighted by Crippen LogP contribution is -2.44. The summed E-state index contributed by atoms with van der Waals surface area (Å²) in [5.41, 5.74) is 0.437. The standard InChI is InChI=1S/C14H16N4O2/c15-8-12-13(9-16)18(10-17-12)11-1-4-20-14(7-11)2-5-19-6-3-14/h10-11H,1-7H2. The average Bonchev–Trinajstić information content (AvgIpc) is 2.91. The van der Waals surface area contributed by atoms with Gasteiger partial charge in [-0.2, -0.15) is 10.5 Å². The first kappa shape index (κ1) is 13.1. The van der Waals surface area contributed by atoms with Crippen molar-refractivity contribution in [3.63, 3.8) is 0 Å². The molecule has 6 heteroatoms. The van der Waals surface area contributed by atoms with Gasteiger partial charge in [0.25, 0.3) is 0 Å². The van der Waals surface area contributed by atoms with Crippen molar-refractivity contribution in [1.29, 1.82) is 10.5 Å². The highest BCUT2D eigenvalue weighted by molar-refractivity contribution is 5.36. The summed E-state index contributed by atoms with van der Waals surface area (Å²) in [5.74, 6) is 0.